The minimum absolute atomic E-state index is 0.00225. The van der Waals surface area contributed by atoms with E-state index in [1.807, 2.05) is 0 Å². The van der Waals surface area contributed by atoms with Crippen molar-refractivity contribution in [3.8, 4) is 34.3 Å². The fraction of sp³-hybridized carbons (Fsp3) is 0.351. The van der Waals surface area contributed by atoms with Crippen LogP contribution in [-0.2, 0) is 23.7 Å². The highest BCUT2D eigenvalue weighted by molar-refractivity contribution is 5.87. The Hall–Kier alpha value is -5.04. The van der Waals surface area contributed by atoms with Crippen molar-refractivity contribution in [2.75, 3.05) is 13.7 Å². The first-order valence-corrected chi connectivity index (χ1v) is 16.5. The van der Waals surface area contributed by atoms with Crippen LogP contribution >= 0.6 is 0 Å². The van der Waals surface area contributed by atoms with Crippen molar-refractivity contribution in [3.63, 3.8) is 0 Å². The first-order valence-electron chi connectivity index (χ1n) is 16.5. The Morgan fingerprint density at radius 3 is 2.21 bits per heavy atom. The summed E-state index contributed by atoms with van der Waals surface area (Å²) in [6, 6.07) is 16.1. The molecule has 0 aliphatic carbocycles. The first-order chi connectivity index (χ1) is 25.3. The number of benzene rings is 3. The molecule has 10 atom stereocenters. The van der Waals surface area contributed by atoms with Crippen LogP contribution in [0.2, 0.25) is 0 Å². The summed E-state index contributed by atoms with van der Waals surface area (Å²) < 4.78 is 39.5. The van der Waals surface area contributed by atoms with Crippen LogP contribution in [-0.4, -0.2) is 117 Å². The molecular formula is C37H38O16. The number of aromatic hydroxyl groups is 2. The molecule has 6 rings (SSSR count). The number of phenolic OH excluding ortho intramolecular Hbond substituents is 2. The summed E-state index contributed by atoms with van der Waals surface area (Å²) >= 11 is 0. The van der Waals surface area contributed by atoms with Gasteiger partial charge < -0.3 is 68.6 Å². The van der Waals surface area contributed by atoms with E-state index < -0.39 is 85.2 Å². The second-order valence-electron chi connectivity index (χ2n) is 12.5. The summed E-state index contributed by atoms with van der Waals surface area (Å²) in [5, 5.41) is 73.3. The highest BCUT2D eigenvalue weighted by Crippen LogP contribution is 2.34. The second-order valence-corrected chi connectivity index (χ2v) is 12.5. The number of phenols is 2. The lowest BCUT2D eigenvalue weighted by Gasteiger charge is -2.43. The number of esters is 1. The summed E-state index contributed by atoms with van der Waals surface area (Å²) in [5.74, 6) is -0.894. The van der Waals surface area contributed by atoms with Gasteiger partial charge >= 0.3 is 5.97 Å². The maximum Gasteiger partial charge on any atom is 0.331 e. The third kappa shape index (κ3) is 8.30. The molecule has 7 N–H and O–H groups in total. The van der Waals surface area contributed by atoms with Crippen molar-refractivity contribution in [1.82, 2.24) is 0 Å². The fourth-order valence-electron chi connectivity index (χ4n) is 5.89. The van der Waals surface area contributed by atoms with E-state index in [-0.39, 0.29) is 28.2 Å². The number of aliphatic hydroxyl groups excluding tert-OH is 5. The van der Waals surface area contributed by atoms with Gasteiger partial charge in [0.25, 0.3) is 0 Å². The number of hydrogen-bond acceptors (Lipinski definition) is 16. The van der Waals surface area contributed by atoms with E-state index >= 15 is 0 Å². The van der Waals surface area contributed by atoms with E-state index in [2.05, 4.69) is 0 Å². The number of carbonyl (C=O) groups excluding carboxylic acids is 1. The van der Waals surface area contributed by atoms with Crippen molar-refractivity contribution < 1.29 is 73.4 Å². The highest BCUT2D eigenvalue weighted by atomic mass is 16.7. The Balaban J connectivity index is 1.24. The van der Waals surface area contributed by atoms with Gasteiger partial charge in [-0.25, -0.2) is 4.79 Å². The van der Waals surface area contributed by atoms with Gasteiger partial charge in [0.2, 0.25) is 6.29 Å². The Kier molecular flexibility index (Phi) is 11.3. The molecule has 16 heteroatoms. The molecular weight excluding hydrogens is 700 g/mol. The van der Waals surface area contributed by atoms with E-state index in [1.54, 1.807) is 24.3 Å². The number of hydrogen-bond donors (Lipinski definition) is 7. The molecule has 0 radical (unpaired) electrons. The summed E-state index contributed by atoms with van der Waals surface area (Å²) in [7, 11) is 1.51. The average Bonchev–Trinajstić information content (AvgIpc) is 3.14. The molecule has 53 heavy (non-hydrogen) atoms. The molecule has 3 aromatic carbocycles. The molecule has 1 aromatic heterocycles. The van der Waals surface area contributed by atoms with Gasteiger partial charge in [0, 0.05) is 29.8 Å². The van der Waals surface area contributed by atoms with E-state index in [4.69, 9.17) is 32.8 Å². The lowest BCUT2D eigenvalue weighted by Crippen LogP contribution is -2.62. The van der Waals surface area contributed by atoms with Gasteiger partial charge in [0.1, 0.15) is 76.4 Å². The molecule has 0 amide bonds. The molecule has 0 saturated carbocycles. The van der Waals surface area contributed by atoms with Gasteiger partial charge in [-0.05, 0) is 55.0 Å². The van der Waals surface area contributed by atoms with Crippen LogP contribution in [0.1, 0.15) is 12.5 Å². The predicted molar refractivity (Wildman–Crippen MR) is 183 cm³/mol. The van der Waals surface area contributed by atoms with Gasteiger partial charge in [-0.1, -0.05) is 12.1 Å². The standard InChI is InChI=1S/C37H38O16/c1-17-30(42)31(43)33(45)36(49-17)48-16-27-35(53-28(41)12-5-18-3-10-21(47-2)11-4-18)32(44)34(46)37(52-27)50-22-13-23(39)29-24(40)15-25(51-26(29)14-22)19-6-8-20(38)9-7-19/h3-15,17,27,30-39,42-46H,16H2,1-2H3/b12-5+/t17?,27?,30-,31?,32+,33-,34?,35+,36+,37+/m0/s1. The summed E-state index contributed by atoms with van der Waals surface area (Å²) in [4.78, 5) is 25.9. The Morgan fingerprint density at radius 1 is 0.811 bits per heavy atom. The van der Waals surface area contributed by atoms with E-state index in [9.17, 15) is 45.3 Å². The van der Waals surface area contributed by atoms with Crippen molar-refractivity contribution in [1.29, 1.82) is 0 Å². The fourth-order valence-corrected chi connectivity index (χ4v) is 5.89. The van der Waals surface area contributed by atoms with Gasteiger partial charge in [-0.3, -0.25) is 4.79 Å². The van der Waals surface area contributed by atoms with Gasteiger partial charge in [-0.15, -0.1) is 0 Å². The lowest BCUT2D eigenvalue weighted by atomic mass is 9.98. The van der Waals surface area contributed by atoms with Crippen LogP contribution < -0.4 is 14.9 Å². The van der Waals surface area contributed by atoms with Crippen molar-refractivity contribution in [3.05, 3.63) is 88.6 Å². The summed E-state index contributed by atoms with van der Waals surface area (Å²) in [5.41, 5.74) is 0.395. The number of ether oxygens (including phenoxy) is 6. The Bertz CT molecular complexity index is 1980. The van der Waals surface area contributed by atoms with Gasteiger partial charge in [0.05, 0.1) is 19.8 Å². The minimum atomic E-state index is -1.86. The number of fused-ring (bicyclic) bond motifs is 1. The number of methoxy groups -OCH3 is 1. The molecule has 2 saturated heterocycles. The molecule has 0 spiro atoms. The number of carbonyl (C=O) groups is 1. The SMILES string of the molecule is COc1ccc(/C=C/C(=O)O[C@@H]2C(CO[C@@H]3OC(C)[C@H](O)C(O)[C@@H]3O)O[C@@H](Oc3cc(O)c4c(=O)cc(-c5ccc(O)cc5)oc4c3)C(O)[C@H]2O)cc1. The maximum atomic E-state index is 12.9. The summed E-state index contributed by atoms with van der Waals surface area (Å²) in [6.45, 7) is 0.889. The topological polar surface area (TPSA) is 244 Å². The normalized spacial score (nSPS) is 28.9. The van der Waals surface area contributed by atoms with Crippen LogP contribution in [0.25, 0.3) is 28.4 Å². The molecule has 4 aromatic rings. The van der Waals surface area contributed by atoms with Crippen LogP contribution in [0, 0.1) is 0 Å². The molecule has 2 fully saturated rings. The smallest absolute Gasteiger partial charge is 0.331 e. The van der Waals surface area contributed by atoms with Crippen molar-refractivity contribution in [2.24, 2.45) is 0 Å². The first kappa shape index (κ1) is 37.7. The van der Waals surface area contributed by atoms with Crippen LogP contribution in [0.5, 0.6) is 23.0 Å². The van der Waals surface area contributed by atoms with E-state index in [1.165, 1.54) is 56.5 Å². The minimum Gasteiger partial charge on any atom is -0.508 e. The Morgan fingerprint density at radius 2 is 1.51 bits per heavy atom. The lowest BCUT2D eigenvalue weighted by molar-refractivity contribution is -0.319. The highest BCUT2D eigenvalue weighted by Gasteiger charge is 2.49. The maximum absolute atomic E-state index is 12.9. The second kappa shape index (κ2) is 15.9. The zero-order valence-corrected chi connectivity index (χ0v) is 28.3. The largest absolute Gasteiger partial charge is 0.508 e. The van der Waals surface area contributed by atoms with Crippen LogP contribution in [0.15, 0.2) is 82.0 Å². The predicted octanol–water partition coefficient (Wildman–Crippen LogP) is 1.17. The molecule has 282 valence electrons. The number of rotatable bonds is 10. The van der Waals surface area contributed by atoms with Gasteiger partial charge in [0.15, 0.2) is 17.8 Å². The van der Waals surface area contributed by atoms with E-state index in [0.29, 0.717) is 16.9 Å². The molecule has 3 heterocycles. The van der Waals surface area contributed by atoms with Crippen LogP contribution in [0.3, 0.4) is 0 Å². The molecule has 16 nitrogen and oxygen atoms in total. The van der Waals surface area contributed by atoms with Gasteiger partial charge in [-0.2, -0.15) is 0 Å². The van der Waals surface area contributed by atoms with Crippen molar-refractivity contribution >= 4 is 23.0 Å². The molecule has 0 bridgehead atoms. The average molecular weight is 739 g/mol. The molecule has 4 unspecified atom stereocenters. The third-order valence-electron chi connectivity index (χ3n) is 8.84. The third-order valence-corrected chi connectivity index (χ3v) is 8.84. The number of aliphatic hydroxyl groups is 5. The molecule has 2 aliphatic rings. The van der Waals surface area contributed by atoms with E-state index in [0.717, 1.165) is 12.1 Å². The molecule has 2 aliphatic heterocycles. The monoisotopic (exact) mass is 738 g/mol. The van der Waals surface area contributed by atoms with Crippen LogP contribution in [0.4, 0.5) is 0 Å². The quantitative estimate of drug-likeness (QED) is 0.0892. The Labute approximate surface area is 301 Å². The van der Waals surface area contributed by atoms with Crippen molar-refractivity contribution in [2.45, 2.75) is 68.3 Å². The summed E-state index contributed by atoms with van der Waals surface area (Å²) in [6.07, 6.45) is -13.0. The zero-order chi connectivity index (χ0) is 38.0. The zero-order valence-electron chi connectivity index (χ0n) is 28.3.